The molecule has 0 spiro atoms. The van der Waals surface area contributed by atoms with Gasteiger partial charge in [0, 0.05) is 44.9 Å². The van der Waals surface area contributed by atoms with Crippen molar-refractivity contribution in [3.8, 4) is 0 Å². The second-order valence-electron chi connectivity index (χ2n) is 5.88. The number of rotatable bonds is 7. The average molecular weight is 332 g/mol. The number of carbonyl (C=O) groups is 1. The van der Waals surface area contributed by atoms with E-state index in [0.29, 0.717) is 18.7 Å². The minimum Gasteiger partial charge on any atom is -0.467 e. The van der Waals surface area contributed by atoms with E-state index in [1.54, 1.807) is 18.3 Å². The molecular weight excluding hydrogens is 308 g/mol. The Morgan fingerprint density at radius 3 is 2.83 bits per heavy atom. The summed E-state index contributed by atoms with van der Waals surface area (Å²) in [6, 6.07) is 6.70. The summed E-state index contributed by atoms with van der Waals surface area (Å²) in [5.41, 5.74) is 0.931. The van der Waals surface area contributed by atoms with Gasteiger partial charge in [0.15, 0.2) is 0 Å². The van der Waals surface area contributed by atoms with Crippen LogP contribution in [0.25, 0.3) is 0 Å². The third-order valence-electron chi connectivity index (χ3n) is 3.56. The lowest BCUT2D eigenvalue weighted by atomic mass is 10.1. The third kappa shape index (κ3) is 4.99. The van der Waals surface area contributed by atoms with Gasteiger partial charge in [-0.05, 0) is 25.1 Å². The summed E-state index contributed by atoms with van der Waals surface area (Å²) in [7, 11) is 3.81. The van der Waals surface area contributed by atoms with Crippen LogP contribution in [0.5, 0.6) is 0 Å². The number of nitrogens with zero attached hydrogens (tertiary/aromatic N) is 2. The molecule has 0 fully saturated rings. The second-order valence-corrected chi connectivity index (χ2v) is 5.88. The van der Waals surface area contributed by atoms with E-state index in [1.807, 2.05) is 38.1 Å². The molecule has 0 bridgehead atoms. The second kappa shape index (κ2) is 8.35. The highest BCUT2D eigenvalue weighted by molar-refractivity contribution is 5.74. The molecule has 2 amide bonds. The van der Waals surface area contributed by atoms with Gasteiger partial charge in [-0.3, -0.25) is 0 Å². The van der Waals surface area contributed by atoms with Crippen LogP contribution < -0.4 is 15.5 Å². The molecule has 2 heterocycles. The predicted molar refractivity (Wildman–Crippen MR) is 91.7 cm³/mol. The molecule has 0 unspecified atom stereocenters. The van der Waals surface area contributed by atoms with Gasteiger partial charge in [-0.15, -0.1) is 0 Å². The Hall–Kier alpha value is -2.54. The summed E-state index contributed by atoms with van der Waals surface area (Å²) in [4.78, 5) is 18.2. The van der Waals surface area contributed by atoms with Crippen molar-refractivity contribution >= 4 is 11.8 Å². The molecule has 0 aliphatic carbocycles. The molecule has 2 atom stereocenters. The molecule has 0 aliphatic heterocycles. The van der Waals surface area contributed by atoms with E-state index in [4.69, 9.17) is 4.42 Å². The number of aromatic nitrogens is 1. The maximum atomic E-state index is 12.0. The number of carbonyl (C=O) groups excluding carboxylic acids is 1. The van der Waals surface area contributed by atoms with Gasteiger partial charge in [-0.25, -0.2) is 9.78 Å². The van der Waals surface area contributed by atoms with Crippen molar-refractivity contribution in [3.05, 3.63) is 48.0 Å². The van der Waals surface area contributed by atoms with Crippen LogP contribution in [0.1, 0.15) is 30.8 Å². The van der Waals surface area contributed by atoms with Gasteiger partial charge in [0.05, 0.1) is 6.26 Å². The smallest absolute Gasteiger partial charge is 0.315 e. The van der Waals surface area contributed by atoms with E-state index < -0.39 is 6.10 Å². The normalized spacial score (nSPS) is 13.2. The van der Waals surface area contributed by atoms with E-state index >= 15 is 0 Å². The number of hydrogen-bond acceptors (Lipinski definition) is 5. The highest BCUT2D eigenvalue weighted by atomic mass is 16.4. The van der Waals surface area contributed by atoms with Crippen LogP contribution in [0.2, 0.25) is 0 Å². The molecule has 0 aromatic carbocycles. The molecule has 3 N–H and O–H groups in total. The molecular formula is C17H24N4O3. The fraction of sp³-hybridized carbons (Fsp3) is 0.412. The maximum absolute atomic E-state index is 12.0. The molecule has 7 heteroatoms. The van der Waals surface area contributed by atoms with Crippen LogP contribution in [-0.4, -0.2) is 36.3 Å². The summed E-state index contributed by atoms with van der Waals surface area (Å²) in [6.07, 6.45) is 2.86. The molecule has 0 saturated carbocycles. The highest BCUT2D eigenvalue weighted by Crippen LogP contribution is 2.18. The lowest BCUT2D eigenvalue weighted by Gasteiger charge is -2.19. The number of furan rings is 1. The molecule has 130 valence electrons. The Kier molecular flexibility index (Phi) is 6.20. The number of anilines is 1. The Labute approximate surface area is 141 Å². The number of hydrogen-bond donors (Lipinski definition) is 3. The number of aliphatic hydroxyl groups excluding tert-OH is 1. The highest BCUT2D eigenvalue weighted by Gasteiger charge is 2.16. The SMILES string of the molecule is C[C@@H](C[C@@H](O)c1ccco1)NC(=O)NCc1cccnc1N(C)C. The zero-order valence-electron chi connectivity index (χ0n) is 14.2. The van der Waals surface area contributed by atoms with E-state index in [9.17, 15) is 9.90 Å². The summed E-state index contributed by atoms with van der Waals surface area (Å²) in [5.74, 6) is 1.31. The van der Waals surface area contributed by atoms with Gasteiger partial charge >= 0.3 is 6.03 Å². The number of nitrogens with one attached hydrogen (secondary N) is 2. The molecule has 2 aromatic rings. The van der Waals surface area contributed by atoms with Crippen LogP contribution >= 0.6 is 0 Å². The molecule has 0 saturated heterocycles. The quantitative estimate of drug-likeness (QED) is 0.722. The third-order valence-corrected chi connectivity index (χ3v) is 3.56. The first-order chi connectivity index (χ1) is 11.5. The van der Waals surface area contributed by atoms with Crippen LogP contribution in [0.3, 0.4) is 0 Å². The molecule has 7 nitrogen and oxygen atoms in total. The van der Waals surface area contributed by atoms with Gasteiger partial charge in [-0.1, -0.05) is 6.07 Å². The summed E-state index contributed by atoms with van der Waals surface area (Å²) in [5, 5.41) is 15.6. The number of urea groups is 1. The van der Waals surface area contributed by atoms with Gasteiger partial charge in [0.25, 0.3) is 0 Å². The van der Waals surface area contributed by atoms with Gasteiger partial charge in [-0.2, -0.15) is 0 Å². The summed E-state index contributed by atoms with van der Waals surface area (Å²) >= 11 is 0. The van der Waals surface area contributed by atoms with Crippen molar-refractivity contribution in [1.29, 1.82) is 0 Å². The van der Waals surface area contributed by atoms with Gasteiger partial charge < -0.3 is 25.1 Å². The van der Waals surface area contributed by atoms with E-state index in [0.717, 1.165) is 11.4 Å². The summed E-state index contributed by atoms with van der Waals surface area (Å²) < 4.78 is 5.15. The first-order valence-electron chi connectivity index (χ1n) is 7.84. The minimum absolute atomic E-state index is 0.202. The zero-order valence-corrected chi connectivity index (χ0v) is 14.2. The van der Waals surface area contributed by atoms with Crippen LogP contribution in [0, 0.1) is 0 Å². The Balaban J connectivity index is 1.81. The number of aliphatic hydroxyl groups is 1. The minimum atomic E-state index is -0.742. The van der Waals surface area contributed by atoms with Crippen LogP contribution in [-0.2, 0) is 6.54 Å². The van der Waals surface area contributed by atoms with Crippen molar-refractivity contribution in [3.63, 3.8) is 0 Å². The largest absolute Gasteiger partial charge is 0.467 e. The first kappa shape index (κ1) is 17.8. The lowest BCUT2D eigenvalue weighted by Crippen LogP contribution is -2.41. The molecule has 0 aliphatic rings. The van der Waals surface area contributed by atoms with Crippen LogP contribution in [0.15, 0.2) is 41.1 Å². The van der Waals surface area contributed by atoms with Crippen molar-refractivity contribution in [2.45, 2.75) is 32.0 Å². The summed E-state index contributed by atoms with van der Waals surface area (Å²) in [6.45, 7) is 2.21. The van der Waals surface area contributed by atoms with Gasteiger partial charge in [0.2, 0.25) is 0 Å². The van der Waals surface area contributed by atoms with E-state index in [1.165, 1.54) is 6.26 Å². The maximum Gasteiger partial charge on any atom is 0.315 e. The Morgan fingerprint density at radius 2 is 2.17 bits per heavy atom. The molecule has 2 aromatic heterocycles. The Bertz CT molecular complexity index is 643. The molecule has 2 rings (SSSR count). The predicted octanol–water partition coefficient (Wildman–Crippen LogP) is 2.05. The van der Waals surface area contributed by atoms with Gasteiger partial charge in [0.1, 0.15) is 17.7 Å². The fourth-order valence-corrected chi connectivity index (χ4v) is 2.41. The topological polar surface area (TPSA) is 90.6 Å². The fourth-order valence-electron chi connectivity index (χ4n) is 2.41. The van der Waals surface area contributed by atoms with Crippen LogP contribution in [0.4, 0.5) is 10.6 Å². The Morgan fingerprint density at radius 1 is 1.38 bits per heavy atom. The van der Waals surface area contributed by atoms with Crippen molar-refractivity contribution in [1.82, 2.24) is 15.6 Å². The average Bonchev–Trinajstić information content (AvgIpc) is 3.07. The van der Waals surface area contributed by atoms with Crippen molar-refractivity contribution < 1.29 is 14.3 Å². The lowest BCUT2D eigenvalue weighted by molar-refractivity contribution is 0.129. The van der Waals surface area contributed by atoms with E-state index in [-0.39, 0.29) is 12.1 Å². The molecule has 24 heavy (non-hydrogen) atoms. The number of amides is 2. The number of pyridine rings is 1. The van der Waals surface area contributed by atoms with Crippen molar-refractivity contribution in [2.24, 2.45) is 0 Å². The first-order valence-corrected chi connectivity index (χ1v) is 7.84. The molecule has 0 radical (unpaired) electrons. The zero-order chi connectivity index (χ0) is 17.5. The standard InChI is InChI=1S/C17H24N4O3/c1-12(10-14(22)15-7-5-9-24-15)20-17(23)19-11-13-6-4-8-18-16(13)21(2)3/h4-9,12,14,22H,10-11H2,1-3H3,(H2,19,20,23)/t12-,14+/m0/s1. The van der Waals surface area contributed by atoms with E-state index in [2.05, 4.69) is 15.6 Å². The monoisotopic (exact) mass is 332 g/mol. The van der Waals surface area contributed by atoms with Crippen molar-refractivity contribution in [2.75, 3.05) is 19.0 Å².